The Morgan fingerprint density at radius 1 is 0.703 bits per heavy atom. The average Bonchev–Trinajstić information content (AvgIpc) is 2.88. The highest BCUT2D eigenvalue weighted by Crippen LogP contribution is 2.20. The lowest BCUT2D eigenvalue weighted by Crippen LogP contribution is -2.46. The van der Waals surface area contributed by atoms with Gasteiger partial charge in [0, 0.05) is 44.6 Å². The topological polar surface area (TPSA) is 56.8 Å². The van der Waals surface area contributed by atoms with Crippen LogP contribution in [-0.2, 0) is 18.1 Å². The van der Waals surface area contributed by atoms with Crippen molar-refractivity contribution in [2.45, 2.75) is 136 Å². The largest absolute Gasteiger partial charge is 0.500 e. The van der Waals surface area contributed by atoms with Gasteiger partial charge in [-0.2, -0.15) is 11.8 Å². The standard InChI is InChI=1S/C30H61NO4SSi/c1-5-9-10-11-12-13-14-15-16-17-18-19-20-21-22-23-26-31-30(32)25-28-36-27-24-29-37(33-6-2,34-7-3)35-8-4/h5,9H,6-8,10-29H2,1-4H3,(H,31,32)/b9-5+. The Hall–Kier alpha value is -0.343. The number of unbranched alkanes of at least 4 members (excludes halogenated alkanes) is 13. The SMILES string of the molecule is C/C=C/CCCCCCCCCCCCCCCNC(=O)CCSCCC[Si](OCC)(OCC)OCC. The second-order valence-electron chi connectivity index (χ2n) is 9.75. The number of hydrogen-bond donors (Lipinski definition) is 1. The highest BCUT2D eigenvalue weighted by molar-refractivity contribution is 7.99. The zero-order chi connectivity index (χ0) is 27.3. The molecule has 0 heterocycles. The predicted octanol–water partition coefficient (Wildman–Crippen LogP) is 8.70. The summed E-state index contributed by atoms with van der Waals surface area (Å²) in [4.78, 5) is 12.1. The van der Waals surface area contributed by atoms with E-state index in [-0.39, 0.29) is 5.91 Å². The van der Waals surface area contributed by atoms with Gasteiger partial charge in [0.25, 0.3) is 0 Å². The monoisotopic (exact) mass is 559 g/mol. The molecule has 0 bridgehead atoms. The number of carbonyl (C=O) groups excluding carboxylic acids is 1. The van der Waals surface area contributed by atoms with Crippen molar-refractivity contribution >= 4 is 26.5 Å². The van der Waals surface area contributed by atoms with E-state index in [1.807, 2.05) is 32.5 Å². The van der Waals surface area contributed by atoms with Gasteiger partial charge >= 0.3 is 8.80 Å². The molecule has 0 unspecified atom stereocenters. The number of hydrogen-bond acceptors (Lipinski definition) is 5. The van der Waals surface area contributed by atoms with Crippen LogP contribution in [-0.4, -0.2) is 52.6 Å². The maximum Gasteiger partial charge on any atom is 0.500 e. The number of rotatable bonds is 29. The molecule has 7 heteroatoms. The number of carbonyl (C=O) groups is 1. The van der Waals surface area contributed by atoms with Gasteiger partial charge in [-0.05, 0) is 59.1 Å². The summed E-state index contributed by atoms with van der Waals surface area (Å²) >= 11 is 1.83. The molecule has 0 aliphatic carbocycles. The molecule has 5 nitrogen and oxygen atoms in total. The van der Waals surface area contributed by atoms with Gasteiger partial charge in [0.1, 0.15) is 0 Å². The summed E-state index contributed by atoms with van der Waals surface area (Å²) in [5.74, 6) is 2.06. The van der Waals surface area contributed by atoms with Crippen LogP contribution in [0.2, 0.25) is 6.04 Å². The van der Waals surface area contributed by atoms with Gasteiger partial charge in [-0.1, -0.05) is 82.8 Å². The molecular formula is C30H61NO4SSi. The van der Waals surface area contributed by atoms with E-state index in [2.05, 4.69) is 24.4 Å². The van der Waals surface area contributed by atoms with E-state index in [4.69, 9.17) is 13.3 Å². The molecule has 0 aliphatic heterocycles. The zero-order valence-corrected chi connectivity index (χ0v) is 26.8. The molecule has 0 aromatic heterocycles. The smallest absolute Gasteiger partial charge is 0.374 e. The molecule has 0 spiro atoms. The summed E-state index contributed by atoms with van der Waals surface area (Å²) in [5.41, 5.74) is 0. The van der Waals surface area contributed by atoms with Crippen molar-refractivity contribution in [1.29, 1.82) is 0 Å². The van der Waals surface area contributed by atoms with Gasteiger partial charge in [-0.3, -0.25) is 4.79 Å². The molecule has 0 aromatic carbocycles. The van der Waals surface area contributed by atoms with Gasteiger partial charge in [0.05, 0.1) is 0 Å². The number of allylic oxidation sites excluding steroid dienone is 2. The molecule has 0 fully saturated rings. The first kappa shape index (κ1) is 36.7. The van der Waals surface area contributed by atoms with Gasteiger partial charge in [-0.25, -0.2) is 0 Å². The second-order valence-corrected chi connectivity index (χ2v) is 13.7. The highest BCUT2D eigenvalue weighted by atomic mass is 32.2. The third kappa shape index (κ3) is 24.4. The number of amides is 1. The van der Waals surface area contributed by atoms with Crippen LogP contribution in [0.1, 0.15) is 130 Å². The van der Waals surface area contributed by atoms with Gasteiger partial charge in [-0.15, -0.1) is 0 Å². The van der Waals surface area contributed by atoms with Crippen LogP contribution in [0.3, 0.4) is 0 Å². The Labute approximate surface area is 236 Å². The molecule has 1 amide bonds. The molecule has 37 heavy (non-hydrogen) atoms. The van der Waals surface area contributed by atoms with Gasteiger partial charge in [0.2, 0.25) is 5.91 Å². The van der Waals surface area contributed by atoms with Crippen LogP contribution in [0, 0.1) is 0 Å². The van der Waals surface area contributed by atoms with E-state index in [9.17, 15) is 4.79 Å². The number of nitrogens with one attached hydrogen (secondary N) is 1. The summed E-state index contributed by atoms with van der Waals surface area (Å²) in [5, 5.41) is 3.09. The molecule has 0 saturated heterocycles. The third-order valence-electron chi connectivity index (χ3n) is 6.44. The predicted molar refractivity (Wildman–Crippen MR) is 164 cm³/mol. The summed E-state index contributed by atoms with van der Waals surface area (Å²) in [7, 11) is -2.52. The van der Waals surface area contributed by atoms with Crippen LogP contribution < -0.4 is 5.32 Å². The summed E-state index contributed by atoms with van der Waals surface area (Å²) < 4.78 is 17.7. The Balaban J connectivity index is 3.46. The van der Waals surface area contributed by atoms with Crippen LogP contribution in [0.25, 0.3) is 0 Å². The van der Waals surface area contributed by atoms with Crippen molar-refractivity contribution in [2.75, 3.05) is 37.9 Å². The van der Waals surface area contributed by atoms with Crippen molar-refractivity contribution in [3.05, 3.63) is 12.2 Å². The molecule has 0 aromatic rings. The molecule has 220 valence electrons. The van der Waals surface area contributed by atoms with Crippen molar-refractivity contribution in [3.63, 3.8) is 0 Å². The van der Waals surface area contributed by atoms with Crippen molar-refractivity contribution in [1.82, 2.24) is 5.32 Å². The quantitative estimate of drug-likeness (QED) is 0.0564. The van der Waals surface area contributed by atoms with Crippen LogP contribution >= 0.6 is 11.8 Å². The fourth-order valence-corrected chi connectivity index (χ4v) is 8.22. The zero-order valence-electron chi connectivity index (χ0n) is 25.0. The van der Waals surface area contributed by atoms with E-state index in [0.717, 1.165) is 36.9 Å². The van der Waals surface area contributed by atoms with E-state index in [1.54, 1.807) is 0 Å². The molecular weight excluding hydrogens is 498 g/mol. The van der Waals surface area contributed by atoms with E-state index in [1.165, 1.54) is 83.5 Å². The van der Waals surface area contributed by atoms with Crippen molar-refractivity contribution in [3.8, 4) is 0 Å². The third-order valence-corrected chi connectivity index (χ3v) is 10.7. The highest BCUT2D eigenvalue weighted by Gasteiger charge is 2.39. The minimum absolute atomic E-state index is 0.187. The lowest BCUT2D eigenvalue weighted by Gasteiger charge is -2.28. The molecule has 0 saturated carbocycles. The van der Waals surface area contributed by atoms with Crippen molar-refractivity contribution in [2.24, 2.45) is 0 Å². The van der Waals surface area contributed by atoms with E-state index < -0.39 is 8.80 Å². The summed E-state index contributed by atoms with van der Waals surface area (Å²) in [6.07, 6.45) is 24.8. The van der Waals surface area contributed by atoms with Crippen LogP contribution in [0.5, 0.6) is 0 Å². The minimum Gasteiger partial charge on any atom is -0.374 e. The molecule has 1 N–H and O–H groups in total. The molecule has 0 aliphatic rings. The van der Waals surface area contributed by atoms with Crippen molar-refractivity contribution < 1.29 is 18.1 Å². The molecule has 0 rings (SSSR count). The Bertz CT molecular complexity index is 505. The normalized spacial score (nSPS) is 12.0. The van der Waals surface area contributed by atoms with Gasteiger partial charge < -0.3 is 18.6 Å². The van der Waals surface area contributed by atoms with E-state index >= 15 is 0 Å². The fourth-order valence-electron chi connectivity index (χ4n) is 4.47. The summed E-state index contributed by atoms with van der Waals surface area (Å²) in [6, 6.07) is 0.847. The lowest BCUT2D eigenvalue weighted by molar-refractivity contribution is -0.120. The number of thioether (sulfide) groups is 1. The first-order valence-corrected chi connectivity index (χ1v) is 18.6. The maximum absolute atomic E-state index is 12.1. The Morgan fingerprint density at radius 3 is 1.68 bits per heavy atom. The van der Waals surface area contributed by atoms with Crippen LogP contribution in [0.4, 0.5) is 0 Å². The Morgan fingerprint density at radius 2 is 1.19 bits per heavy atom. The summed E-state index contributed by atoms with van der Waals surface area (Å²) in [6.45, 7) is 10.8. The first-order chi connectivity index (χ1) is 18.1. The van der Waals surface area contributed by atoms with Gasteiger partial charge in [0.15, 0.2) is 0 Å². The Kier molecular flexibility index (Phi) is 28.4. The van der Waals surface area contributed by atoms with E-state index in [0.29, 0.717) is 26.2 Å². The lowest BCUT2D eigenvalue weighted by atomic mass is 10.0. The minimum atomic E-state index is -2.52. The fraction of sp³-hybridized carbons (Fsp3) is 0.900. The molecule has 0 radical (unpaired) electrons. The second kappa shape index (κ2) is 28.7. The first-order valence-electron chi connectivity index (χ1n) is 15.5. The van der Waals surface area contributed by atoms with Crippen LogP contribution in [0.15, 0.2) is 12.2 Å². The average molecular weight is 560 g/mol. The molecule has 0 atom stereocenters. The maximum atomic E-state index is 12.1.